The van der Waals surface area contributed by atoms with Crippen LogP contribution in [0.5, 0.6) is 0 Å². The minimum Gasteiger partial charge on any atom is -0.375 e. The lowest BCUT2D eigenvalue weighted by atomic mass is 10.2. The average molecular weight is 354 g/mol. The molecule has 1 aliphatic rings. The van der Waals surface area contributed by atoms with E-state index in [4.69, 9.17) is 4.74 Å². The molecule has 17 heavy (non-hydrogen) atoms. The molecule has 0 aromatic heterocycles. The van der Waals surface area contributed by atoms with E-state index in [1.54, 1.807) is 11.8 Å². The van der Waals surface area contributed by atoms with Gasteiger partial charge in [0.1, 0.15) is 0 Å². The van der Waals surface area contributed by atoms with Gasteiger partial charge in [-0.3, -0.25) is 9.69 Å². The SMILES string of the molecule is CC(=O)N(C)CC[C@@H]1CN(CCCI)CCO1. The highest BCUT2D eigenvalue weighted by molar-refractivity contribution is 14.1. The first-order valence-electron chi connectivity index (χ1n) is 6.25. The molecular weight excluding hydrogens is 331 g/mol. The zero-order chi connectivity index (χ0) is 12.7. The molecule has 4 nitrogen and oxygen atoms in total. The Morgan fingerprint density at radius 3 is 3.00 bits per heavy atom. The van der Waals surface area contributed by atoms with Crippen LogP contribution >= 0.6 is 22.6 Å². The van der Waals surface area contributed by atoms with Gasteiger partial charge in [-0.2, -0.15) is 0 Å². The predicted octanol–water partition coefficient (Wildman–Crippen LogP) is 1.38. The number of amides is 1. The van der Waals surface area contributed by atoms with Gasteiger partial charge in [-0.25, -0.2) is 0 Å². The molecule has 1 fully saturated rings. The van der Waals surface area contributed by atoms with E-state index < -0.39 is 0 Å². The summed E-state index contributed by atoms with van der Waals surface area (Å²) in [5.41, 5.74) is 0. The van der Waals surface area contributed by atoms with E-state index in [0.29, 0.717) is 6.10 Å². The molecule has 5 heteroatoms. The summed E-state index contributed by atoms with van der Waals surface area (Å²) in [5, 5.41) is 0. The molecule has 0 aromatic carbocycles. The number of carbonyl (C=O) groups excluding carboxylic acids is 1. The molecule has 1 saturated heterocycles. The first-order chi connectivity index (χ1) is 8.13. The highest BCUT2D eigenvalue weighted by Crippen LogP contribution is 2.10. The molecule has 0 aromatic rings. The maximum absolute atomic E-state index is 11.1. The van der Waals surface area contributed by atoms with Crippen LogP contribution in [0.15, 0.2) is 0 Å². The number of hydrogen-bond acceptors (Lipinski definition) is 3. The van der Waals surface area contributed by atoms with Crippen LogP contribution < -0.4 is 0 Å². The van der Waals surface area contributed by atoms with Crippen LogP contribution in [-0.4, -0.2) is 66.1 Å². The lowest BCUT2D eigenvalue weighted by Crippen LogP contribution is -2.44. The molecule has 0 spiro atoms. The summed E-state index contributed by atoms with van der Waals surface area (Å²) in [6.07, 6.45) is 2.48. The van der Waals surface area contributed by atoms with E-state index in [2.05, 4.69) is 27.5 Å². The molecule has 1 atom stereocenters. The van der Waals surface area contributed by atoms with Gasteiger partial charge in [0.05, 0.1) is 12.7 Å². The standard InChI is InChI=1S/C12H23IN2O2/c1-11(16)14(2)7-4-12-10-15(6-3-5-13)8-9-17-12/h12H,3-10H2,1-2H3/t12-/m1/s1. The summed E-state index contributed by atoms with van der Waals surface area (Å²) in [7, 11) is 1.85. The second kappa shape index (κ2) is 8.26. The number of carbonyl (C=O) groups is 1. The van der Waals surface area contributed by atoms with Crippen LogP contribution in [0.3, 0.4) is 0 Å². The number of rotatable bonds is 6. The van der Waals surface area contributed by atoms with E-state index in [0.717, 1.165) is 32.7 Å². The molecule has 0 aliphatic carbocycles. The van der Waals surface area contributed by atoms with Gasteiger partial charge in [0.25, 0.3) is 0 Å². The van der Waals surface area contributed by atoms with Gasteiger partial charge >= 0.3 is 0 Å². The molecule has 1 rings (SSSR count). The molecule has 0 unspecified atom stereocenters. The van der Waals surface area contributed by atoms with Crippen molar-refractivity contribution in [3.05, 3.63) is 0 Å². The Kier molecular flexibility index (Phi) is 7.38. The van der Waals surface area contributed by atoms with Crippen molar-refractivity contribution in [3.63, 3.8) is 0 Å². The lowest BCUT2D eigenvalue weighted by Gasteiger charge is -2.33. The maximum Gasteiger partial charge on any atom is 0.219 e. The summed E-state index contributed by atoms with van der Waals surface area (Å²) in [5.74, 6) is 0.127. The quantitative estimate of drug-likeness (QED) is 0.534. The number of alkyl halides is 1. The van der Waals surface area contributed by atoms with E-state index in [-0.39, 0.29) is 5.91 Å². The zero-order valence-electron chi connectivity index (χ0n) is 10.8. The summed E-state index contributed by atoms with van der Waals surface area (Å²) in [6.45, 7) is 6.47. The Balaban J connectivity index is 2.22. The van der Waals surface area contributed by atoms with Crippen molar-refractivity contribution in [1.82, 2.24) is 9.80 Å². The van der Waals surface area contributed by atoms with Crippen LogP contribution in [0.25, 0.3) is 0 Å². The molecule has 0 radical (unpaired) electrons. The third-order valence-electron chi connectivity index (χ3n) is 3.15. The van der Waals surface area contributed by atoms with Gasteiger partial charge in [0, 0.05) is 38.0 Å². The van der Waals surface area contributed by atoms with Crippen LogP contribution in [0.2, 0.25) is 0 Å². The van der Waals surface area contributed by atoms with Gasteiger partial charge in [-0.15, -0.1) is 0 Å². The van der Waals surface area contributed by atoms with Crippen molar-refractivity contribution < 1.29 is 9.53 Å². The van der Waals surface area contributed by atoms with E-state index in [1.165, 1.54) is 17.4 Å². The first-order valence-corrected chi connectivity index (χ1v) is 7.77. The summed E-state index contributed by atoms with van der Waals surface area (Å²) >= 11 is 2.42. The molecule has 0 saturated carbocycles. The second-order valence-electron chi connectivity index (χ2n) is 4.57. The second-order valence-corrected chi connectivity index (χ2v) is 5.64. The van der Waals surface area contributed by atoms with Gasteiger partial charge in [-0.1, -0.05) is 22.6 Å². The van der Waals surface area contributed by atoms with Crippen LogP contribution in [0.1, 0.15) is 19.8 Å². The smallest absolute Gasteiger partial charge is 0.219 e. The third-order valence-corrected chi connectivity index (χ3v) is 3.92. The van der Waals surface area contributed by atoms with Gasteiger partial charge in [-0.05, 0) is 19.4 Å². The van der Waals surface area contributed by atoms with E-state index >= 15 is 0 Å². The number of morpholine rings is 1. The number of halogens is 1. The van der Waals surface area contributed by atoms with Gasteiger partial charge in [0.2, 0.25) is 5.91 Å². The summed E-state index contributed by atoms with van der Waals surface area (Å²) in [4.78, 5) is 15.3. The fraction of sp³-hybridized carbons (Fsp3) is 0.917. The first kappa shape index (κ1) is 15.2. The van der Waals surface area contributed by atoms with Gasteiger partial charge < -0.3 is 9.64 Å². The minimum atomic E-state index is 0.127. The van der Waals surface area contributed by atoms with Crippen molar-refractivity contribution >= 4 is 28.5 Å². The topological polar surface area (TPSA) is 32.8 Å². The molecule has 1 heterocycles. The Hall–Kier alpha value is 0.120. The molecule has 0 N–H and O–H groups in total. The maximum atomic E-state index is 11.1. The zero-order valence-corrected chi connectivity index (χ0v) is 13.0. The Morgan fingerprint density at radius 2 is 2.35 bits per heavy atom. The minimum absolute atomic E-state index is 0.127. The largest absolute Gasteiger partial charge is 0.375 e. The van der Waals surface area contributed by atoms with Crippen LogP contribution in [0.4, 0.5) is 0 Å². The van der Waals surface area contributed by atoms with Gasteiger partial charge in [0.15, 0.2) is 0 Å². The number of ether oxygens (including phenoxy) is 1. The Morgan fingerprint density at radius 1 is 1.59 bits per heavy atom. The normalized spacial score (nSPS) is 21.5. The average Bonchev–Trinajstić information content (AvgIpc) is 2.33. The monoisotopic (exact) mass is 354 g/mol. The number of hydrogen-bond donors (Lipinski definition) is 0. The number of nitrogens with zero attached hydrogens (tertiary/aromatic N) is 2. The highest BCUT2D eigenvalue weighted by Gasteiger charge is 2.20. The molecule has 100 valence electrons. The van der Waals surface area contributed by atoms with Crippen molar-refractivity contribution in [2.45, 2.75) is 25.9 Å². The Bertz CT molecular complexity index is 239. The molecule has 1 amide bonds. The van der Waals surface area contributed by atoms with Crippen molar-refractivity contribution in [3.8, 4) is 0 Å². The molecule has 0 bridgehead atoms. The fourth-order valence-electron chi connectivity index (χ4n) is 1.94. The summed E-state index contributed by atoms with van der Waals surface area (Å²) < 4.78 is 6.95. The molecule has 1 aliphatic heterocycles. The predicted molar refractivity (Wildman–Crippen MR) is 77.6 cm³/mol. The van der Waals surface area contributed by atoms with Crippen LogP contribution in [-0.2, 0) is 9.53 Å². The van der Waals surface area contributed by atoms with Crippen molar-refractivity contribution in [2.75, 3.05) is 44.3 Å². The lowest BCUT2D eigenvalue weighted by molar-refractivity contribution is -0.128. The van der Waals surface area contributed by atoms with E-state index in [9.17, 15) is 4.79 Å². The Labute approximate surface area is 118 Å². The van der Waals surface area contributed by atoms with E-state index in [1.807, 2.05) is 7.05 Å². The fourth-order valence-corrected chi connectivity index (χ4v) is 2.28. The highest BCUT2D eigenvalue weighted by atomic mass is 127. The van der Waals surface area contributed by atoms with Crippen molar-refractivity contribution in [2.24, 2.45) is 0 Å². The van der Waals surface area contributed by atoms with Crippen LogP contribution in [0, 0.1) is 0 Å². The third kappa shape index (κ3) is 6.01. The molecular formula is C12H23IN2O2. The van der Waals surface area contributed by atoms with Crippen molar-refractivity contribution in [1.29, 1.82) is 0 Å². The summed E-state index contributed by atoms with van der Waals surface area (Å²) in [6, 6.07) is 0.